The van der Waals surface area contributed by atoms with Gasteiger partial charge < -0.3 is 4.74 Å². The molecule has 1 aromatic carbocycles. The van der Waals surface area contributed by atoms with Gasteiger partial charge >= 0.3 is 0 Å². The number of benzene rings is 1. The lowest BCUT2D eigenvalue weighted by Gasteiger charge is -2.44. The zero-order valence-electron chi connectivity index (χ0n) is 13.9. The molecule has 2 atom stereocenters. The molecule has 2 saturated heterocycles. The lowest BCUT2D eigenvalue weighted by Crippen LogP contribution is -2.58. The largest absolute Gasteiger partial charge is 0.496 e. The van der Waals surface area contributed by atoms with Crippen LogP contribution in [0.4, 0.5) is 0 Å². The normalized spacial score (nSPS) is 27.7. The van der Waals surface area contributed by atoms with Crippen molar-refractivity contribution in [3.63, 3.8) is 0 Å². The molecular formula is C17H26N2O3S. The minimum absolute atomic E-state index is 0.102. The Hall–Kier alpha value is -1.11. The molecular weight excluding hydrogens is 312 g/mol. The van der Waals surface area contributed by atoms with E-state index in [-0.39, 0.29) is 17.8 Å². The Balaban J connectivity index is 1.81. The van der Waals surface area contributed by atoms with Gasteiger partial charge in [-0.15, -0.1) is 0 Å². The number of ether oxygens (including phenoxy) is 1. The van der Waals surface area contributed by atoms with Gasteiger partial charge in [-0.05, 0) is 19.0 Å². The minimum atomic E-state index is -2.94. The average molecular weight is 338 g/mol. The molecule has 3 rings (SSSR count). The number of para-hydroxylation sites is 1. The predicted molar refractivity (Wildman–Crippen MR) is 91.5 cm³/mol. The Labute approximate surface area is 139 Å². The molecule has 0 N–H and O–H groups in total. The number of rotatable bonds is 5. The highest BCUT2D eigenvalue weighted by Crippen LogP contribution is 2.29. The summed E-state index contributed by atoms with van der Waals surface area (Å²) >= 11 is 0. The Bertz CT molecular complexity index is 647. The number of piperazine rings is 1. The molecule has 0 amide bonds. The summed E-state index contributed by atoms with van der Waals surface area (Å²) in [6.45, 7) is 5.74. The zero-order valence-corrected chi connectivity index (χ0v) is 14.8. The lowest BCUT2D eigenvalue weighted by atomic mass is 10.0. The van der Waals surface area contributed by atoms with E-state index in [0.29, 0.717) is 5.75 Å². The second-order valence-electron chi connectivity index (χ2n) is 6.53. The summed E-state index contributed by atoms with van der Waals surface area (Å²) in [7, 11) is -1.25. The minimum Gasteiger partial charge on any atom is -0.496 e. The van der Waals surface area contributed by atoms with E-state index in [4.69, 9.17) is 4.74 Å². The highest BCUT2D eigenvalue weighted by molar-refractivity contribution is 7.91. The maximum absolute atomic E-state index is 12.2. The van der Waals surface area contributed by atoms with Gasteiger partial charge in [-0.25, -0.2) is 8.42 Å². The maximum atomic E-state index is 12.2. The van der Waals surface area contributed by atoms with Crippen molar-refractivity contribution in [2.75, 3.05) is 38.2 Å². The molecule has 0 aromatic heterocycles. The predicted octanol–water partition coefficient (Wildman–Crippen LogP) is 1.39. The van der Waals surface area contributed by atoms with Crippen LogP contribution in [0.3, 0.4) is 0 Å². The van der Waals surface area contributed by atoms with Crippen molar-refractivity contribution in [3.8, 4) is 5.75 Å². The monoisotopic (exact) mass is 338 g/mol. The third-order valence-corrected chi connectivity index (χ3v) is 6.68. The van der Waals surface area contributed by atoms with E-state index < -0.39 is 9.84 Å². The van der Waals surface area contributed by atoms with Crippen molar-refractivity contribution in [2.24, 2.45) is 0 Å². The molecule has 23 heavy (non-hydrogen) atoms. The van der Waals surface area contributed by atoms with Crippen LogP contribution < -0.4 is 4.74 Å². The molecule has 5 nitrogen and oxygen atoms in total. The highest BCUT2D eigenvalue weighted by Gasteiger charge is 2.46. The molecule has 128 valence electrons. The molecule has 0 aliphatic carbocycles. The van der Waals surface area contributed by atoms with E-state index in [1.807, 2.05) is 18.2 Å². The molecule has 0 bridgehead atoms. The van der Waals surface area contributed by atoms with Crippen LogP contribution in [0.25, 0.3) is 0 Å². The summed E-state index contributed by atoms with van der Waals surface area (Å²) in [4.78, 5) is 4.70. The van der Waals surface area contributed by atoms with Gasteiger partial charge in [0.2, 0.25) is 0 Å². The van der Waals surface area contributed by atoms with Crippen LogP contribution in [0.2, 0.25) is 0 Å². The Morgan fingerprint density at radius 3 is 2.48 bits per heavy atom. The van der Waals surface area contributed by atoms with Gasteiger partial charge in [0, 0.05) is 37.3 Å². The van der Waals surface area contributed by atoms with E-state index in [1.54, 1.807) is 7.11 Å². The number of fused-ring (bicyclic) bond motifs is 1. The third-order valence-electron chi connectivity index (χ3n) is 4.98. The average Bonchev–Trinajstić information content (AvgIpc) is 2.86. The summed E-state index contributed by atoms with van der Waals surface area (Å²) in [6.07, 6.45) is 1.07. The van der Waals surface area contributed by atoms with Crippen LogP contribution in [0.1, 0.15) is 18.9 Å². The van der Waals surface area contributed by atoms with Gasteiger partial charge in [0.15, 0.2) is 9.84 Å². The number of hydrogen-bond donors (Lipinski definition) is 0. The number of sulfone groups is 1. The van der Waals surface area contributed by atoms with E-state index >= 15 is 0 Å². The maximum Gasteiger partial charge on any atom is 0.153 e. The number of hydrogen-bond acceptors (Lipinski definition) is 5. The molecule has 0 saturated carbocycles. The van der Waals surface area contributed by atoms with Crippen LogP contribution in [0, 0.1) is 0 Å². The molecule has 2 aliphatic rings. The SMILES string of the molecule is CCCN1CCN(Cc2ccccc2OC)[C@@H]2CS(=O)(=O)C[C@@H]21. The van der Waals surface area contributed by atoms with Gasteiger partial charge in [0.05, 0.1) is 18.6 Å². The zero-order chi connectivity index (χ0) is 16.4. The van der Waals surface area contributed by atoms with Gasteiger partial charge in [-0.3, -0.25) is 9.80 Å². The van der Waals surface area contributed by atoms with Crippen molar-refractivity contribution in [3.05, 3.63) is 29.8 Å². The molecule has 2 aliphatic heterocycles. The van der Waals surface area contributed by atoms with E-state index in [2.05, 4.69) is 22.8 Å². The van der Waals surface area contributed by atoms with Gasteiger partial charge in [0.25, 0.3) is 0 Å². The Morgan fingerprint density at radius 2 is 1.78 bits per heavy atom. The molecule has 6 heteroatoms. The molecule has 1 aromatic rings. The fraction of sp³-hybridized carbons (Fsp3) is 0.647. The van der Waals surface area contributed by atoms with Gasteiger partial charge in [-0.2, -0.15) is 0 Å². The summed E-state index contributed by atoms with van der Waals surface area (Å²) in [5.74, 6) is 1.47. The fourth-order valence-electron chi connectivity index (χ4n) is 3.91. The van der Waals surface area contributed by atoms with Crippen LogP contribution >= 0.6 is 0 Å². The van der Waals surface area contributed by atoms with Gasteiger partial charge in [0.1, 0.15) is 5.75 Å². The third kappa shape index (κ3) is 3.54. The summed E-state index contributed by atoms with van der Waals surface area (Å²) in [6, 6.07) is 8.24. The molecule has 0 unspecified atom stereocenters. The van der Waals surface area contributed by atoms with Crippen molar-refractivity contribution >= 4 is 9.84 Å². The molecule has 0 radical (unpaired) electrons. The first-order valence-corrected chi connectivity index (χ1v) is 10.2. The standard InChI is InChI=1S/C17H26N2O3S/c1-3-8-18-9-10-19(16-13-23(20,21)12-15(16)18)11-14-6-4-5-7-17(14)22-2/h4-7,15-16H,3,8-13H2,1-2H3/t15-,16+/m0/s1. The second kappa shape index (κ2) is 6.79. The van der Waals surface area contributed by atoms with Crippen molar-refractivity contribution in [2.45, 2.75) is 32.0 Å². The van der Waals surface area contributed by atoms with Crippen molar-refractivity contribution in [1.82, 2.24) is 9.80 Å². The van der Waals surface area contributed by atoms with Crippen LogP contribution in [0.15, 0.2) is 24.3 Å². The van der Waals surface area contributed by atoms with E-state index in [9.17, 15) is 8.42 Å². The smallest absolute Gasteiger partial charge is 0.153 e. The van der Waals surface area contributed by atoms with E-state index in [0.717, 1.165) is 43.9 Å². The number of nitrogens with zero attached hydrogens (tertiary/aromatic N) is 2. The molecule has 2 heterocycles. The summed E-state index contributed by atoms with van der Waals surface area (Å²) < 4.78 is 29.8. The first-order chi connectivity index (χ1) is 11.0. The quantitative estimate of drug-likeness (QED) is 0.812. The van der Waals surface area contributed by atoms with Crippen molar-refractivity contribution in [1.29, 1.82) is 0 Å². The molecule has 2 fully saturated rings. The van der Waals surface area contributed by atoms with E-state index in [1.165, 1.54) is 0 Å². The fourth-order valence-corrected chi connectivity index (χ4v) is 5.95. The second-order valence-corrected chi connectivity index (χ2v) is 8.68. The first kappa shape index (κ1) is 16.7. The lowest BCUT2D eigenvalue weighted by molar-refractivity contribution is 0.0401. The van der Waals surface area contributed by atoms with Crippen LogP contribution in [0.5, 0.6) is 5.75 Å². The Morgan fingerprint density at radius 1 is 1.13 bits per heavy atom. The van der Waals surface area contributed by atoms with Crippen LogP contribution in [-0.2, 0) is 16.4 Å². The first-order valence-electron chi connectivity index (χ1n) is 8.34. The van der Waals surface area contributed by atoms with Gasteiger partial charge in [-0.1, -0.05) is 25.1 Å². The number of methoxy groups -OCH3 is 1. The van der Waals surface area contributed by atoms with Crippen LogP contribution in [-0.4, -0.2) is 68.6 Å². The highest BCUT2D eigenvalue weighted by atomic mass is 32.2. The molecule has 0 spiro atoms. The Kier molecular flexibility index (Phi) is 4.94. The summed E-state index contributed by atoms with van der Waals surface area (Å²) in [5.41, 5.74) is 1.13. The topological polar surface area (TPSA) is 49.9 Å². The summed E-state index contributed by atoms with van der Waals surface area (Å²) in [5, 5.41) is 0. The van der Waals surface area contributed by atoms with Crippen molar-refractivity contribution < 1.29 is 13.2 Å².